The van der Waals surface area contributed by atoms with Crippen LogP contribution in [0.1, 0.15) is 52.9 Å². The molecule has 1 aliphatic rings. The molecule has 0 saturated heterocycles. The van der Waals surface area contributed by atoms with Gasteiger partial charge in [0, 0.05) is 12.1 Å². The van der Waals surface area contributed by atoms with E-state index in [2.05, 4.69) is 11.4 Å². The molecule has 0 heterocycles. The molecule has 122 valence electrons. The van der Waals surface area contributed by atoms with E-state index < -0.39 is 18.3 Å². The van der Waals surface area contributed by atoms with Crippen molar-refractivity contribution in [2.45, 2.75) is 76.7 Å². The summed E-state index contributed by atoms with van der Waals surface area (Å²) in [6.07, 6.45) is -0.258. The van der Waals surface area contributed by atoms with E-state index >= 15 is 0 Å². The van der Waals surface area contributed by atoms with E-state index in [0.29, 0.717) is 19.4 Å². The van der Waals surface area contributed by atoms with E-state index in [1.165, 1.54) is 0 Å². The molecule has 6 heteroatoms. The SMILES string of the molecule is CC(C)NC(C)(C#N)CCCCN(CC(F)(F)F)C1CC1. The van der Waals surface area contributed by atoms with Crippen molar-refractivity contribution in [3.05, 3.63) is 0 Å². The quantitative estimate of drug-likeness (QED) is 0.663. The summed E-state index contributed by atoms with van der Waals surface area (Å²) in [5.41, 5.74) is -0.595. The smallest absolute Gasteiger partial charge is 0.297 e. The summed E-state index contributed by atoms with van der Waals surface area (Å²) in [5.74, 6) is 0. The second kappa shape index (κ2) is 7.46. The fraction of sp³-hybridized carbons (Fsp3) is 0.933. The van der Waals surface area contributed by atoms with Crippen LogP contribution in [0.3, 0.4) is 0 Å². The topological polar surface area (TPSA) is 39.1 Å². The molecule has 0 radical (unpaired) electrons. The van der Waals surface area contributed by atoms with E-state index in [-0.39, 0.29) is 12.1 Å². The predicted octanol–water partition coefficient (Wildman–Crippen LogP) is 3.46. The van der Waals surface area contributed by atoms with Gasteiger partial charge in [0.2, 0.25) is 0 Å². The van der Waals surface area contributed by atoms with Gasteiger partial charge in [-0.2, -0.15) is 18.4 Å². The van der Waals surface area contributed by atoms with Crippen molar-refractivity contribution in [3.63, 3.8) is 0 Å². The molecule has 1 fully saturated rings. The molecule has 21 heavy (non-hydrogen) atoms. The van der Waals surface area contributed by atoms with Gasteiger partial charge in [-0.25, -0.2) is 0 Å². The van der Waals surface area contributed by atoms with Crippen LogP contribution in [0.5, 0.6) is 0 Å². The summed E-state index contributed by atoms with van der Waals surface area (Å²) in [4.78, 5) is 1.54. The Labute approximate surface area is 125 Å². The maximum Gasteiger partial charge on any atom is 0.401 e. The molecule has 1 N–H and O–H groups in total. The summed E-state index contributed by atoms with van der Waals surface area (Å²) < 4.78 is 37.5. The third-order valence-electron chi connectivity index (χ3n) is 3.67. The van der Waals surface area contributed by atoms with Crippen molar-refractivity contribution < 1.29 is 13.2 Å². The lowest BCUT2D eigenvalue weighted by atomic mass is 9.95. The van der Waals surface area contributed by atoms with Crippen LogP contribution in [0.25, 0.3) is 0 Å². The molecule has 0 spiro atoms. The fourth-order valence-corrected chi connectivity index (χ4v) is 2.65. The first-order valence-corrected chi connectivity index (χ1v) is 7.65. The average Bonchev–Trinajstić information content (AvgIpc) is 3.15. The Bertz CT molecular complexity index is 358. The van der Waals surface area contributed by atoms with E-state index in [0.717, 1.165) is 19.3 Å². The number of hydrogen-bond acceptors (Lipinski definition) is 3. The highest BCUT2D eigenvalue weighted by molar-refractivity contribution is 5.04. The molecule has 1 rings (SSSR count). The highest BCUT2D eigenvalue weighted by Gasteiger charge is 2.37. The molecule has 3 nitrogen and oxygen atoms in total. The molecule has 0 aromatic rings. The molecule has 0 bridgehead atoms. The van der Waals surface area contributed by atoms with Crippen molar-refractivity contribution in [1.29, 1.82) is 5.26 Å². The van der Waals surface area contributed by atoms with Crippen LogP contribution in [0, 0.1) is 11.3 Å². The molecule has 0 aromatic carbocycles. The maximum absolute atomic E-state index is 12.5. The first-order chi connectivity index (χ1) is 9.65. The van der Waals surface area contributed by atoms with Crippen molar-refractivity contribution >= 4 is 0 Å². The largest absolute Gasteiger partial charge is 0.401 e. The van der Waals surface area contributed by atoms with Crippen LogP contribution >= 0.6 is 0 Å². The molecule has 1 saturated carbocycles. The Morgan fingerprint density at radius 1 is 1.29 bits per heavy atom. The van der Waals surface area contributed by atoms with Crippen LogP contribution in [0.4, 0.5) is 13.2 Å². The van der Waals surface area contributed by atoms with Gasteiger partial charge in [-0.05, 0) is 59.4 Å². The van der Waals surface area contributed by atoms with Crippen molar-refractivity contribution in [3.8, 4) is 6.07 Å². The summed E-state index contributed by atoms with van der Waals surface area (Å²) in [6.45, 7) is 5.47. The number of hydrogen-bond donors (Lipinski definition) is 1. The van der Waals surface area contributed by atoms with E-state index in [9.17, 15) is 18.4 Å². The second-order valence-corrected chi connectivity index (χ2v) is 6.52. The van der Waals surface area contributed by atoms with E-state index in [4.69, 9.17) is 0 Å². The average molecular weight is 305 g/mol. The van der Waals surface area contributed by atoms with Gasteiger partial charge >= 0.3 is 6.18 Å². The number of nitriles is 1. The Morgan fingerprint density at radius 3 is 2.33 bits per heavy atom. The van der Waals surface area contributed by atoms with Gasteiger partial charge < -0.3 is 0 Å². The zero-order chi connectivity index (χ0) is 16.1. The Balaban J connectivity index is 2.32. The van der Waals surface area contributed by atoms with Gasteiger partial charge in [0.05, 0.1) is 12.6 Å². The maximum atomic E-state index is 12.5. The first-order valence-electron chi connectivity index (χ1n) is 7.65. The predicted molar refractivity (Wildman–Crippen MR) is 76.8 cm³/mol. The van der Waals surface area contributed by atoms with Gasteiger partial charge in [-0.15, -0.1) is 0 Å². The Kier molecular flexibility index (Phi) is 6.48. The van der Waals surface area contributed by atoms with Gasteiger partial charge in [0.1, 0.15) is 5.54 Å². The third kappa shape index (κ3) is 7.68. The number of nitrogens with one attached hydrogen (secondary N) is 1. The van der Waals surface area contributed by atoms with Crippen LogP contribution in [-0.4, -0.2) is 41.8 Å². The van der Waals surface area contributed by atoms with Crippen LogP contribution in [0.2, 0.25) is 0 Å². The van der Waals surface area contributed by atoms with Gasteiger partial charge in [-0.3, -0.25) is 10.2 Å². The zero-order valence-electron chi connectivity index (χ0n) is 13.1. The van der Waals surface area contributed by atoms with Gasteiger partial charge in [0.25, 0.3) is 0 Å². The standard InChI is InChI=1S/C15H26F3N3/c1-12(2)20-14(3,10-19)8-4-5-9-21(13-6-7-13)11-15(16,17)18/h12-13,20H,4-9,11H2,1-3H3. The van der Waals surface area contributed by atoms with Crippen LogP contribution < -0.4 is 5.32 Å². The lowest BCUT2D eigenvalue weighted by Crippen LogP contribution is -2.45. The number of rotatable bonds is 9. The minimum Gasteiger partial charge on any atom is -0.297 e. The van der Waals surface area contributed by atoms with E-state index in [1.54, 1.807) is 4.90 Å². The van der Waals surface area contributed by atoms with Crippen molar-refractivity contribution in [1.82, 2.24) is 10.2 Å². The fourth-order valence-electron chi connectivity index (χ4n) is 2.65. The molecule has 0 aliphatic heterocycles. The molecule has 1 unspecified atom stereocenters. The van der Waals surface area contributed by atoms with Crippen molar-refractivity contribution in [2.24, 2.45) is 0 Å². The summed E-state index contributed by atoms with van der Waals surface area (Å²) in [7, 11) is 0. The highest BCUT2D eigenvalue weighted by Crippen LogP contribution is 2.30. The lowest BCUT2D eigenvalue weighted by Gasteiger charge is -2.27. The number of alkyl halides is 3. The molecule has 1 aliphatic carbocycles. The Morgan fingerprint density at radius 2 is 1.90 bits per heavy atom. The summed E-state index contributed by atoms with van der Waals surface area (Å²) in [6, 6.07) is 2.59. The molecule has 0 aromatic heterocycles. The third-order valence-corrected chi connectivity index (χ3v) is 3.67. The normalized spacial score (nSPS) is 18.8. The molecule has 1 atom stereocenters. The number of nitrogens with zero attached hydrogens (tertiary/aromatic N) is 2. The Hall–Kier alpha value is -0.800. The summed E-state index contributed by atoms with van der Waals surface area (Å²) in [5, 5.41) is 12.4. The second-order valence-electron chi connectivity index (χ2n) is 6.52. The van der Waals surface area contributed by atoms with Crippen molar-refractivity contribution in [2.75, 3.05) is 13.1 Å². The zero-order valence-corrected chi connectivity index (χ0v) is 13.1. The highest BCUT2D eigenvalue weighted by atomic mass is 19.4. The van der Waals surface area contributed by atoms with Gasteiger partial charge in [-0.1, -0.05) is 0 Å². The number of halogens is 3. The van der Waals surface area contributed by atoms with Crippen LogP contribution in [0.15, 0.2) is 0 Å². The summed E-state index contributed by atoms with van der Waals surface area (Å²) >= 11 is 0. The monoisotopic (exact) mass is 305 g/mol. The van der Waals surface area contributed by atoms with Crippen LogP contribution in [-0.2, 0) is 0 Å². The first kappa shape index (κ1) is 18.2. The lowest BCUT2D eigenvalue weighted by molar-refractivity contribution is -0.147. The number of unbranched alkanes of at least 4 members (excludes halogenated alkanes) is 1. The van der Waals surface area contributed by atoms with E-state index in [1.807, 2.05) is 20.8 Å². The minimum absolute atomic E-state index is 0.114. The molecule has 0 amide bonds. The van der Waals surface area contributed by atoms with Gasteiger partial charge in [0.15, 0.2) is 0 Å². The minimum atomic E-state index is -4.12. The molecular weight excluding hydrogens is 279 g/mol. The molecular formula is C15H26F3N3.